The van der Waals surface area contributed by atoms with Crippen LogP contribution in [0.5, 0.6) is 0 Å². The molecule has 0 aliphatic carbocycles. The molecule has 0 heterocycles. The van der Waals surface area contributed by atoms with E-state index in [9.17, 15) is 0 Å². The molecule has 9 heteroatoms. The Morgan fingerprint density at radius 1 is 1.40 bits per heavy atom. The smallest absolute Gasteiger partial charge is 1.00 e. The van der Waals surface area contributed by atoms with Gasteiger partial charge in [0.25, 0.3) is 9.05 Å². The van der Waals surface area contributed by atoms with E-state index in [2.05, 4.69) is 11.2 Å². The van der Waals surface area contributed by atoms with Gasteiger partial charge in [-0.25, -0.2) is 0 Å². The largest absolute Gasteiger partial charge is 1.00 e. The van der Waals surface area contributed by atoms with Crippen molar-refractivity contribution in [1.29, 1.82) is 0 Å². The van der Waals surface area contributed by atoms with Gasteiger partial charge in [0.15, 0.2) is 4.30 Å². The Hall–Kier alpha value is 2.16. The van der Waals surface area contributed by atoms with Crippen molar-refractivity contribution in [3.8, 4) is 0 Å². The van der Waals surface area contributed by atoms with Gasteiger partial charge in [0, 0.05) is 11.2 Å². The van der Waals surface area contributed by atoms with Crippen LogP contribution >= 0.6 is 34.8 Å². The summed E-state index contributed by atoms with van der Waals surface area (Å²) in [7, 11) is -3.83. The van der Waals surface area contributed by atoms with Crippen LogP contribution in [-0.4, -0.2) is 17.6 Å². The molecule has 0 aliphatic rings. The molecule has 10 heavy (non-hydrogen) atoms. The molecule has 0 aromatic rings. The van der Waals surface area contributed by atoms with E-state index in [0.717, 1.165) is 0 Å². The number of rotatable bonds is 0. The maximum absolute atomic E-state index is 9.11. The van der Waals surface area contributed by atoms with E-state index in [1.807, 2.05) is 0 Å². The molecule has 2 N–H and O–H groups in total. The van der Waals surface area contributed by atoms with Gasteiger partial charge in [-0.05, 0) is 0 Å². The van der Waals surface area contributed by atoms with Crippen LogP contribution in [0.1, 0.15) is 1.43 Å². The first-order valence-corrected chi connectivity index (χ1v) is 5.06. The molecule has 0 aliphatic heterocycles. The predicted molar refractivity (Wildman–Crippen MR) is 43.2 cm³/mol. The molecule has 0 radical (unpaired) electrons. The van der Waals surface area contributed by atoms with Crippen molar-refractivity contribution < 1.29 is 44.3 Å². The number of alkyl halides is 3. The molecule has 0 saturated carbocycles. The van der Waals surface area contributed by atoms with E-state index >= 15 is 0 Å². The average molecular weight is 258 g/mol. The minimum Gasteiger partial charge on any atom is -1.00 e. The van der Waals surface area contributed by atoms with Gasteiger partial charge >= 0.3 is 29.6 Å². The second kappa shape index (κ2) is 9.25. The van der Waals surface area contributed by atoms with E-state index in [-0.39, 0.29) is 31.0 Å². The summed E-state index contributed by atoms with van der Waals surface area (Å²) in [6, 6.07) is 0. The van der Waals surface area contributed by atoms with Gasteiger partial charge < -0.3 is 1.43 Å². The molecule has 60 valence electrons. The number of halogens is 3. The third-order valence-electron chi connectivity index (χ3n) is 0. The van der Waals surface area contributed by atoms with Gasteiger partial charge in [0.1, 0.15) is 0 Å². The summed E-state index contributed by atoms with van der Waals surface area (Å²) < 4.78 is 23.2. The normalized spacial score (nSPS) is 9.40. The van der Waals surface area contributed by atoms with Crippen LogP contribution in [0.25, 0.3) is 0 Å². The van der Waals surface area contributed by atoms with Crippen LogP contribution in [0.3, 0.4) is 0 Å². The van der Waals surface area contributed by atoms with E-state index in [0.29, 0.717) is 0 Å². The number of hydrogen-bond acceptors (Lipinski definition) is 2. The second-order valence-electron chi connectivity index (χ2n) is 0.695. The molecule has 0 atom stereocenters. The molecule has 0 saturated heterocycles. The molecule has 3 nitrogen and oxygen atoms in total. The van der Waals surface area contributed by atoms with Crippen molar-refractivity contribution in [3.05, 3.63) is 0 Å². The maximum atomic E-state index is 9.11. The Bertz CT molecular complexity index is 138. The van der Waals surface area contributed by atoms with Crippen molar-refractivity contribution >= 4 is 55.0 Å². The van der Waals surface area contributed by atoms with E-state index in [1.165, 1.54) is 0 Å². The molecule has 0 rings (SSSR count). The van der Waals surface area contributed by atoms with Gasteiger partial charge in [-0.2, -0.15) is 4.21 Å². The van der Waals surface area contributed by atoms with Crippen LogP contribution in [0.2, 0.25) is 0 Å². The molecular weight excluding hydrogens is 253 g/mol. The topological polar surface area (TPSA) is 57.5 Å². The summed E-state index contributed by atoms with van der Waals surface area (Å²) in [4.78, 5) is 0. The molecule has 0 spiro atoms. The van der Waals surface area contributed by atoms with Crippen LogP contribution in [0.4, 0.5) is 0 Å². The molecule has 0 fully saturated rings. The maximum Gasteiger partial charge on any atom is 1.00 e. The second-order valence-corrected chi connectivity index (χ2v) is 4.87. The zero-order valence-corrected chi connectivity index (χ0v) is 10.7. The van der Waals surface area contributed by atoms with Crippen LogP contribution in [0, 0.1) is 0 Å². The molecule has 0 aromatic heterocycles. The van der Waals surface area contributed by atoms with Gasteiger partial charge in [-0.1, -0.05) is 34.8 Å². The van der Waals surface area contributed by atoms with Gasteiger partial charge in [-0.15, -0.1) is 0 Å². The van der Waals surface area contributed by atoms with Crippen molar-refractivity contribution in [2.45, 2.75) is 4.30 Å². The van der Waals surface area contributed by atoms with Gasteiger partial charge in [0.2, 0.25) is 0 Å². The van der Waals surface area contributed by atoms with Crippen LogP contribution in [0.15, 0.2) is 0 Å². The zero-order chi connectivity index (χ0) is 8.08. The number of hydrogen-bond donors (Lipinski definition) is 2. The Morgan fingerprint density at radius 3 is 1.40 bits per heavy atom. The minimum atomic E-state index is -3.83. The first-order valence-electron chi connectivity index (χ1n) is 1.35. The molecule has 0 amide bonds. The first kappa shape index (κ1) is 18.0. The summed E-state index contributed by atoms with van der Waals surface area (Å²) in [6.07, 6.45) is 0. The van der Waals surface area contributed by atoms with Gasteiger partial charge in [0.05, 0.1) is 0 Å². The summed E-state index contributed by atoms with van der Waals surface area (Å²) >= 11 is 17.9. The van der Waals surface area contributed by atoms with Crippen molar-refractivity contribution in [1.82, 2.24) is 0 Å². The Labute approximate surface area is 103 Å². The molecule has 0 unspecified atom stereocenters. The summed E-state index contributed by atoms with van der Waals surface area (Å²) in [5.74, 6) is 0. The fraction of sp³-hybridized carbons (Fsp3) is 1.00. The third-order valence-corrected chi connectivity index (χ3v) is 0. The summed E-state index contributed by atoms with van der Waals surface area (Å²) in [6.45, 7) is 0. The molecule has 0 bridgehead atoms. The summed E-state index contributed by atoms with van der Waals surface area (Å²) in [5.41, 5.74) is 0. The van der Waals surface area contributed by atoms with Crippen LogP contribution in [-0.2, 0) is 20.2 Å². The third kappa shape index (κ3) is 183. The van der Waals surface area contributed by atoms with Gasteiger partial charge in [-0.3, -0.25) is 9.11 Å². The van der Waals surface area contributed by atoms with Crippen molar-refractivity contribution in [2.75, 3.05) is 0 Å². The fourth-order valence-corrected chi connectivity index (χ4v) is 0. The predicted octanol–water partition coefficient (Wildman–Crippen LogP) is -1.22. The fourth-order valence-electron chi connectivity index (χ4n) is 0. The van der Waals surface area contributed by atoms with E-state index in [4.69, 9.17) is 48.1 Å². The van der Waals surface area contributed by atoms with Crippen molar-refractivity contribution in [3.63, 3.8) is 0 Å². The molecule has 0 aromatic carbocycles. The average Bonchev–Trinajstić information content (AvgIpc) is 1.19. The Balaban J connectivity index is -0.0000000383. The minimum absolute atomic E-state index is 0. The monoisotopic (exact) mass is 256 g/mol. The van der Waals surface area contributed by atoms with Crippen LogP contribution < -0.4 is 29.6 Å². The van der Waals surface area contributed by atoms with E-state index in [1.54, 1.807) is 0 Å². The standard InChI is InChI=1S/CHCl3.Na.H2O3S2.H/c2-1(3)4;;1-5(2,3)4;/h1H;;(H2,1,2,3,4);/q;+1;;-1. The Kier molecular flexibility index (Phi) is 16.7. The quantitative estimate of drug-likeness (QED) is 0.422. The first-order chi connectivity index (χ1) is 3.73. The Morgan fingerprint density at radius 2 is 1.40 bits per heavy atom. The zero-order valence-electron chi connectivity index (χ0n) is 5.83. The molecular formula is CH4Cl3NaO3S2. The van der Waals surface area contributed by atoms with Crippen molar-refractivity contribution in [2.24, 2.45) is 0 Å². The summed E-state index contributed by atoms with van der Waals surface area (Å²) in [5, 5.41) is 0. The SMILES string of the molecule is ClC(Cl)Cl.O=S(O)(O)=S.[H-].[Na+]. The van der Waals surface area contributed by atoms with E-state index < -0.39 is 13.3 Å².